The van der Waals surface area contributed by atoms with Gasteiger partial charge in [-0.05, 0) is 41.8 Å². The minimum Gasteiger partial charge on any atom is -0.451 e. The summed E-state index contributed by atoms with van der Waals surface area (Å²) in [5, 5.41) is 4.70. The van der Waals surface area contributed by atoms with E-state index in [-0.39, 0.29) is 21.2 Å². The summed E-state index contributed by atoms with van der Waals surface area (Å²) in [6.45, 7) is 0. The summed E-state index contributed by atoms with van der Waals surface area (Å²) in [6, 6.07) is 13.2. The van der Waals surface area contributed by atoms with Gasteiger partial charge < -0.3 is 19.4 Å². The van der Waals surface area contributed by atoms with E-state index >= 15 is 0 Å². The SMILES string of the molecule is O=C(Nc1ccc(S(=O)(=O)[N-]c2nccs2)cc1)c1cc(=O)c2ccccc2o1. The number of aromatic nitrogens is 1. The molecule has 0 aliphatic carbocycles. The van der Waals surface area contributed by atoms with Crippen LogP contribution >= 0.6 is 11.3 Å². The molecule has 0 aliphatic rings. The fraction of sp³-hybridized carbons (Fsp3) is 0. The van der Waals surface area contributed by atoms with E-state index in [1.54, 1.807) is 29.6 Å². The number of para-hydroxylation sites is 1. The zero-order valence-electron chi connectivity index (χ0n) is 14.6. The third kappa shape index (κ3) is 4.03. The molecule has 0 aliphatic heterocycles. The monoisotopic (exact) mass is 426 g/mol. The number of hydrogen-bond acceptors (Lipinski definition) is 7. The molecule has 1 amide bonds. The molecule has 0 fully saturated rings. The summed E-state index contributed by atoms with van der Waals surface area (Å²) in [5.74, 6) is -0.778. The zero-order chi connectivity index (χ0) is 20.4. The van der Waals surface area contributed by atoms with E-state index in [1.807, 2.05) is 0 Å². The van der Waals surface area contributed by atoms with E-state index in [0.29, 0.717) is 16.7 Å². The van der Waals surface area contributed by atoms with Crippen molar-refractivity contribution in [1.29, 1.82) is 0 Å². The predicted molar refractivity (Wildman–Crippen MR) is 109 cm³/mol. The van der Waals surface area contributed by atoms with E-state index in [1.165, 1.54) is 30.5 Å². The number of sulfonamides is 1. The van der Waals surface area contributed by atoms with Crippen molar-refractivity contribution in [2.45, 2.75) is 4.90 Å². The van der Waals surface area contributed by atoms with Crippen molar-refractivity contribution in [1.82, 2.24) is 4.98 Å². The van der Waals surface area contributed by atoms with Crippen molar-refractivity contribution in [3.05, 3.63) is 86.9 Å². The Bertz CT molecular complexity index is 1340. The van der Waals surface area contributed by atoms with Crippen LogP contribution in [0.2, 0.25) is 0 Å². The highest BCUT2D eigenvalue weighted by molar-refractivity contribution is 7.94. The molecule has 1 N–H and O–H groups in total. The highest BCUT2D eigenvalue weighted by atomic mass is 32.2. The summed E-state index contributed by atoms with van der Waals surface area (Å²) in [4.78, 5) is 28.3. The Labute approximate surface area is 168 Å². The predicted octanol–water partition coefficient (Wildman–Crippen LogP) is 3.90. The number of nitrogens with one attached hydrogen (secondary N) is 1. The van der Waals surface area contributed by atoms with Crippen molar-refractivity contribution in [2.24, 2.45) is 0 Å². The number of amides is 1. The van der Waals surface area contributed by atoms with E-state index in [0.717, 1.165) is 17.4 Å². The molecule has 2 aromatic heterocycles. The Morgan fingerprint density at radius 2 is 1.86 bits per heavy atom. The van der Waals surface area contributed by atoms with Gasteiger partial charge in [-0.3, -0.25) is 9.59 Å². The van der Waals surface area contributed by atoms with Gasteiger partial charge in [-0.2, -0.15) is 11.3 Å². The molecule has 2 heterocycles. The molecule has 2 aromatic carbocycles. The largest absolute Gasteiger partial charge is 0.451 e. The summed E-state index contributed by atoms with van der Waals surface area (Å²) < 4.78 is 33.7. The minimum absolute atomic E-state index is 0.0389. The van der Waals surface area contributed by atoms with Gasteiger partial charge in [0.25, 0.3) is 5.91 Å². The van der Waals surface area contributed by atoms with Crippen molar-refractivity contribution in [3.8, 4) is 0 Å². The van der Waals surface area contributed by atoms with Gasteiger partial charge in [0, 0.05) is 16.9 Å². The number of benzene rings is 2. The van der Waals surface area contributed by atoms with Gasteiger partial charge in [0.1, 0.15) is 5.58 Å². The van der Waals surface area contributed by atoms with Crippen LogP contribution in [0.3, 0.4) is 0 Å². The Balaban J connectivity index is 1.53. The Morgan fingerprint density at radius 1 is 1.10 bits per heavy atom. The van der Waals surface area contributed by atoms with Crippen LogP contribution in [0.15, 0.2) is 80.3 Å². The van der Waals surface area contributed by atoms with Gasteiger partial charge in [0.05, 0.1) is 10.3 Å². The maximum atomic E-state index is 12.4. The first-order chi connectivity index (χ1) is 13.9. The molecular formula is C19H12N3O5S2-. The van der Waals surface area contributed by atoms with Crippen LogP contribution in [-0.4, -0.2) is 19.3 Å². The maximum absolute atomic E-state index is 12.4. The molecule has 0 radical (unpaired) electrons. The first kappa shape index (κ1) is 18.8. The molecule has 8 nitrogen and oxygen atoms in total. The number of hydrogen-bond donors (Lipinski definition) is 1. The van der Waals surface area contributed by atoms with E-state index in [9.17, 15) is 18.0 Å². The van der Waals surface area contributed by atoms with Crippen LogP contribution in [0.1, 0.15) is 10.6 Å². The van der Waals surface area contributed by atoms with Gasteiger partial charge in [-0.15, -0.1) is 0 Å². The third-order valence-electron chi connectivity index (χ3n) is 3.89. The molecule has 0 saturated heterocycles. The smallest absolute Gasteiger partial charge is 0.291 e. The van der Waals surface area contributed by atoms with Gasteiger partial charge in [-0.1, -0.05) is 18.3 Å². The van der Waals surface area contributed by atoms with Crippen molar-refractivity contribution < 1.29 is 17.6 Å². The quantitative estimate of drug-likeness (QED) is 0.517. The van der Waals surface area contributed by atoms with Crippen LogP contribution in [0.4, 0.5) is 10.8 Å². The third-order valence-corrected chi connectivity index (χ3v) is 5.95. The fourth-order valence-electron chi connectivity index (χ4n) is 2.54. The van der Waals surface area contributed by atoms with Crippen molar-refractivity contribution >= 4 is 49.1 Å². The number of fused-ring (bicyclic) bond motifs is 1. The van der Waals surface area contributed by atoms with Gasteiger partial charge in [-0.25, -0.2) is 8.42 Å². The molecule has 146 valence electrons. The van der Waals surface area contributed by atoms with Gasteiger partial charge in [0.2, 0.25) is 10.0 Å². The molecule has 0 saturated carbocycles. The number of nitrogens with zero attached hydrogens (tertiary/aromatic N) is 2. The van der Waals surface area contributed by atoms with E-state index in [2.05, 4.69) is 15.0 Å². The molecule has 10 heteroatoms. The van der Waals surface area contributed by atoms with E-state index < -0.39 is 15.9 Å². The first-order valence-electron chi connectivity index (χ1n) is 8.24. The molecule has 0 atom stereocenters. The van der Waals surface area contributed by atoms with Crippen LogP contribution in [-0.2, 0) is 10.0 Å². The minimum atomic E-state index is -3.91. The van der Waals surface area contributed by atoms with Crippen molar-refractivity contribution in [3.63, 3.8) is 0 Å². The molecule has 29 heavy (non-hydrogen) atoms. The molecule has 0 bridgehead atoms. The average molecular weight is 426 g/mol. The Hall–Kier alpha value is -3.50. The summed E-state index contributed by atoms with van der Waals surface area (Å²) in [5.41, 5.74) is 0.302. The maximum Gasteiger partial charge on any atom is 0.291 e. The second kappa shape index (κ2) is 7.49. The lowest BCUT2D eigenvalue weighted by Gasteiger charge is -2.12. The van der Waals surface area contributed by atoms with Gasteiger partial charge in [0.15, 0.2) is 11.2 Å². The van der Waals surface area contributed by atoms with Crippen LogP contribution in [0, 0.1) is 0 Å². The average Bonchev–Trinajstić information content (AvgIpc) is 3.20. The van der Waals surface area contributed by atoms with Crippen LogP contribution in [0.5, 0.6) is 0 Å². The lowest BCUT2D eigenvalue weighted by Crippen LogP contribution is -2.15. The molecule has 0 unspecified atom stereocenters. The summed E-state index contributed by atoms with van der Waals surface area (Å²) >= 11 is 1.11. The van der Waals surface area contributed by atoms with E-state index in [4.69, 9.17) is 4.42 Å². The molecule has 0 spiro atoms. The van der Waals surface area contributed by atoms with Crippen molar-refractivity contribution in [2.75, 3.05) is 5.32 Å². The van der Waals surface area contributed by atoms with Crippen LogP contribution in [0.25, 0.3) is 15.7 Å². The molecule has 4 aromatic rings. The summed E-state index contributed by atoms with van der Waals surface area (Å²) in [6.07, 6.45) is 1.46. The lowest BCUT2D eigenvalue weighted by molar-refractivity contribution is 0.0997. The number of rotatable bonds is 5. The Kier molecular flexibility index (Phi) is 4.87. The molecular weight excluding hydrogens is 414 g/mol. The number of carbonyl (C=O) groups excluding carboxylic acids is 1. The Morgan fingerprint density at radius 3 is 2.59 bits per heavy atom. The number of thiazole rings is 1. The van der Waals surface area contributed by atoms with Gasteiger partial charge >= 0.3 is 0 Å². The summed E-state index contributed by atoms with van der Waals surface area (Å²) in [7, 11) is -3.91. The number of anilines is 1. The highest BCUT2D eigenvalue weighted by Crippen LogP contribution is 2.29. The second-order valence-electron chi connectivity index (χ2n) is 5.83. The molecule has 4 rings (SSSR count). The lowest BCUT2D eigenvalue weighted by atomic mass is 10.2. The normalized spacial score (nSPS) is 11.3. The standard InChI is InChI=1S/C19H13N3O5S2/c23-15-11-17(27-16-4-2-1-3-14(15)16)18(24)21-12-5-7-13(8-6-12)29(25,26)22-19-20-9-10-28-19/h1-11H,(H2,20,21,22,24)/p-1. The number of carbonyl (C=O) groups is 1. The first-order valence-corrected chi connectivity index (χ1v) is 10.6. The van der Waals surface area contributed by atoms with Crippen LogP contribution < -0.4 is 10.7 Å². The topological polar surface area (TPSA) is 120 Å². The zero-order valence-corrected chi connectivity index (χ0v) is 16.2. The second-order valence-corrected chi connectivity index (χ2v) is 8.31. The fourth-order valence-corrected chi connectivity index (χ4v) is 4.21. The highest BCUT2D eigenvalue weighted by Gasteiger charge is 2.14.